The number of hydrogen-bond acceptors (Lipinski definition) is 1. The van der Waals surface area contributed by atoms with E-state index in [9.17, 15) is 4.79 Å². The van der Waals surface area contributed by atoms with Crippen LogP contribution in [0.2, 0.25) is 0 Å². The Balaban J connectivity index is 2.49. The maximum atomic E-state index is 11.2. The van der Waals surface area contributed by atoms with Crippen molar-refractivity contribution in [3.63, 3.8) is 0 Å². The van der Waals surface area contributed by atoms with E-state index in [1.807, 2.05) is 4.90 Å². The van der Waals surface area contributed by atoms with E-state index in [0.717, 1.165) is 12.5 Å². The first-order valence-corrected chi connectivity index (χ1v) is 5.46. The van der Waals surface area contributed by atoms with E-state index in [4.69, 9.17) is 0 Å². The number of rotatable bonds is 4. The highest BCUT2D eigenvalue weighted by atomic mass is 32.1. The van der Waals surface area contributed by atoms with Gasteiger partial charge in [0, 0.05) is 12.6 Å². The van der Waals surface area contributed by atoms with Gasteiger partial charge in [0.25, 0.3) is 5.24 Å². The van der Waals surface area contributed by atoms with E-state index in [0.29, 0.717) is 12.0 Å². The van der Waals surface area contributed by atoms with Crippen LogP contribution in [-0.4, -0.2) is 22.7 Å². The fourth-order valence-corrected chi connectivity index (χ4v) is 1.62. The SMILES string of the molecule is CC(C)[C@H](C)N(CC1CC1)C(=O)S. The Bertz CT molecular complexity index is 189. The molecule has 1 rings (SSSR count). The average molecular weight is 201 g/mol. The second kappa shape index (κ2) is 4.36. The van der Waals surface area contributed by atoms with Crippen molar-refractivity contribution < 1.29 is 4.79 Å². The molecule has 1 aliphatic rings. The van der Waals surface area contributed by atoms with Gasteiger partial charge in [0.1, 0.15) is 0 Å². The molecule has 0 aromatic rings. The van der Waals surface area contributed by atoms with Gasteiger partial charge in [-0.3, -0.25) is 4.79 Å². The minimum absolute atomic E-state index is 0.0758. The molecule has 0 saturated heterocycles. The van der Waals surface area contributed by atoms with Gasteiger partial charge >= 0.3 is 0 Å². The number of thiol groups is 1. The Labute approximate surface area is 86.1 Å². The molecule has 0 spiro atoms. The number of nitrogens with zero attached hydrogens (tertiary/aromatic N) is 1. The first-order valence-electron chi connectivity index (χ1n) is 5.02. The Morgan fingerprint density at radius 1 is 1.46 bits per heavy atom. The monoisotopic (exact) mass is 201 g/mol. The summed E-state index contributed by atoms with van der Waals surface area (Å²) in [5.41, 5.74) is 0. The highest BCUT2D eigenvalue weighted by Crippen LogP contribution is 2.31. The van der Waals surface area contributed by atoms with Gasteiger partial charge in [0.2, 0.25) is 0 Å². The average Bonchev–Trinajstić information content (AvgIpc) is 2.81. The molecule has 1 aliphatic carbocycles. The van der Waals surface area contributed by atoms with E-state index in [1.165, 1.54) is 12.8 Å². The largest absolute Gasteiger partial charge is 0.331 e. The number of carbonyl (C=O) groups is 1. The van der Waals surface area contributed by atoms with Crippen molar-refractivity contribution in [2.45, 2.75) is 39.7 Å². The predicted octanol–water partition coefficient (Wildman–Crippen LogP) is 2.79. The zero-order chi connectivity index (χ0) is 10.0. The molecule has 76 valence electrons. The van der Waals surface area contributed by atoms with Crippen LogP contribution in [0.15, 0.2) is 0 Å². The van der Waals surface area contributed by atoms with E-state index in [-0.39, 0.29) is 5.24 Å². The van der Waals surface area contributed by atoms with E-state index < -0.39 is 0 Å². The summed E-state index contributed by atoms with van der Waals surface area (Å²) in [6.45, 7) is 7.28. The highest BCUT2D eigenvalue weighted by molar-refractivity contribution is 7.96. The third-order valence-electron chi connectivity index (χ3n) is 2.85. The van der Waals surface area contributed by atoms with Gasteiger partial charge in [0.15, 0.2) is 0 Å². The summed E-state index contributed by atoms with van der Waals surface area (Å²) >= 11 is 3.92. The van der Waals surface area contributed by atoms with Gasteiger partial charge < -0.3 is 4.90 Å². The van der Waals surface area contributed by atoms with Crippen LogP contribution in [0.1, 0.15) is 33.6 Å². The molecule has 0 aromatic carbocycles. The predicted molar refractivity (Wildman–Crippen MR) is 58.1 cm³/mol. The molecule has 13 heavy (non-hydrogen) atoms. The summed E-state index contributed by atoms with van der Waals surface area (Å²) in [7, 11) is 0. The molecule has 3 heteroatoms. The molecule has 0 aromatic heterocycles. The summed E-state index contributed by atoms with van der Waals surface area (Å²) < 4.78 is 0. The van der Waals surface area contributed by atoms with Crippen molar-refractivity contribution in [3.05, 3.63) is 0 Å². The fourth-order valence-electron chi connectivity index (χ4n) is 1.36. The van der Waals surface area contributed by atoms with Gasteiger partial charge in [-0.1, -0.05) is 26.5 Å². The standard InChI is InChI=1S/C10H19NOS/c1-7(2)8(3)11(10(12)13)6-9-4-5-9/h7-9H,4-6H2,1-3H3,(H,12,13)/t8-/m0/s1. The summed E-state index contributed by atoms with van der Waals surface area (Å²) in [5.74, 6) is 1.26. The van der Waals surface area contributed by atoms with Crippen LogP contribution in [0.5, 0.6) is 0 Å². The lowest BCUT2D eigenvalue weighted by molar-refractivity contribution is 0.181. The van der Waals surface area contributed by atoms with Crippen LogP contribution >= 0.6 is 12.6 Å². The molecule has 0 bridgehead atoms. The molecular formula is C10H19NOS. The normalized spacial score (nSPS) is 18.8. The van der Waals surface area contributed by atoms with Gasteiger partial charge in [-0.15, -0.1) is 0 Å². The summed E-state index contributed by atoms with van der Waals surface area (Å²) in [5, 5.41) is -0.0758. The number of hydrogen-bond donors (Lipinski definition) is 1. The summed E-state index contributed by atoms with van der Waals surface area (Å²) in [6.07, 6.45) is 2.56. The highest BCUT2D eigenvalue weighted by Gasteiger charge is 2.29. The smallest absolute Gasteiger partial charge is 0.278 e. The second-order valence-electron chi connectivity index (χ2n) is 4.36. The molecule has 0 unspecified atom stereocenters. The lowest BCUT2D eigenvalue weighted by Gasteiger charge is -2.30. The van der Waals surface area contributed by atoms with Gasteiger partial charge in [0.05, 0.1) is 0 Å². The van der Waals surface area contributed by atoms with Crippen molar-refractivity contribution in [1.82, 2.24) is 4.90 Å². The molecule has 2 nitrogen and oxygen atoms in total. The Hall–Kier alpha value is -0.180. The molecule has 0 N–H and O–H groups in total. The van der Waals surface area contributed by atoms with E-state index >= 15 is 0 Å². The van der Waals surface area contributed by atoms with Crippen molar-refractivity contribution in [2.75, 3.05) is 6.54 Å². The van der Waals surface area contributed by atoms with E-state index in [1.54, 1.807) is 0 Å². The summed E-state index contributed by atoms with van der Waals surface area (Å²) in [6, 6.07) is 0.311. The Morgan fingerprint density at radius 2 is 2.00 bits per heavy atom. The Morgan fingerprint density at radius 3 is 2.31 bits per heavy atom. The van der Waals surface area contributed by atoms with Crippen LogP contribution in [0.3, 0.4) is 0 Å². The van der Waals surface area contributed by atoms with Crippen LogP contribution in [0, 0.1) is 11.8 Å². The summed E-state index contributed by atoms with van der Waals surface area (Å²) in [4.78, 5) is 13.1. The first kappa shape index (κ1) is 10.9. The third kappa shape index (κ3) is 3.22. The van der Waals surface area contributed by atoms with Crippen molar-refractivity contribution >= 4 is 17.9 Å². The first-order chi connectivity index (χ1) is 6.02. The minimum Gasteiger partial charge on any atom is -0.331 e. The quantitative estimate of drug-likeness (QED) is 0.693. The van der Waals surface area contributed by atoms with Crippen LogP contribution in [-0.2, 0) is 0 Å². The van der Waals surface area contributed by atoms with Gasteiger partial charge in [-0.25, -0.2) is 0 Å². The molecule has 1 saturated carbocycles. The molecular weight excluding hydrogens is 182 g/mol. The zero-order valence-corrected chi connectivity index (χ0v) is 9.55. The molecule has 0 radical (unpaired) electrons. The molecule has 0 aliphatic heterocycles. The number of carbonyl (C=O) groups excluding carboxylic acids is 1. The van der Waals surface area contributed by atoms with Crippen molar-refractivity contribution in [1.29, 1.82) is 0 Å². The third-order valence-corrected chi connectivity index (χ3v) is 3.11. The maximum absolute atomic E-state index is 11.2. The lowest BCUT2D eigenvalue weighted by atomic mass is 10.1. The number of amides is 1. The zero-order valence-electron chi connectivity index (χ0n) is 8.66. The van der Waals surface area contributed by atoms with E-state index in [2.05, 4.69) is 33.4 Å². The van der Waals surface area contributed by atoms with Crippen molar-refractivity contribution in [2.24, 2.45) is 11.8 Å². The van der Waals surface area contributed by atoms with Gasteiger partial charge in [-0.2, -0.15) is 0 Å². The topological polar surface area (TPSA) is 20.3 Å². The fraction of sp³-hybridized carbons (Fsp3) is 0.900. The van der Waals surface area contributed by atoms with Crippen LogP contribution in [0.4, 0.5) is 4.79 Å². The molecule has 1 fully saturated rings. The van der Waals surface area contributed by atoms with Crippen LogP contribution < -0.4 is 0 Å². The maximum Gasteiger partial charge on any atom is 0.278 e. The molecule has 0 heterocycles. The van der Waals surface area contributed by atoms with Crippen molar-refractivity contribution in [3.8, 4) is 0 Å². The molecule has 1 atom stereocenters. The second-order valence-corrected chi connectivity index (χ2v) is 4.75. The lowest BCUT2D eigenvalue weighted by Crippen LogP contribution is -2.39. The van der Waals surface area contributed by atoms with Crippen LogP contribution in [0.25, 0.3) is 0 Å². The Kier molecular flexibility index (Phi) is 3.65. The molecule has 1 amide bonds. The minimum atomic E-state index is -0.0758. The van der Waals surface area contributed by atoms with Gasteiger partial charge in [-0.05, 0) is 31.6 Å².